The number of ether oxygens (including phenoxy) is 1. The SMILES string of the molecule is C[C@@H](OC(=O)CCc1ncc(-c2ccccc2Cl)o1)C(N)=O. The number of esters is 1. The van der Waals surface area contributed by atoms with Gasteiger partial charge in [0.1, 0.15) is 0 Å². The quantitative estimate of drug-likeness (QED) is 0.823. The van der Waals surface area contributed by atoms with Crippen LogP contribution < -0.4 is 5.73 Å². The van der Waals surface area contributed by atoms with E-state index in [0.29, 0.717) is 16.7 Å². The van der Waals surface area contributed by atoms with Gasteiger partial charge in [-0.2, -0.15) is 0 Å². The first-order chi connectivity index (χ1) is 10.5. The number of halogens is 1. The molecule has 0 bridgehead atoms. The van der Waals surface area contributed by atoms with Crippen LogP contribution in [0.4, 0.5) is 0 Å². The van der Waals surface area contributed by atoms with Crippen LogP contribution in [0.5, 0.6) is 0 Å². The number of nitrogens with two attached hydrogens (primary N) is 1. The van der Waals surface area contributed by atoms with Crippen LogP contribution in [-0.2, 0) is 20.7 Å². The Labute approximate surface area is 132 Å². The number of benzene rings is 1. The minimum Gasteiger partial charge on any atom is -0.453 e. The van der Waals surface area contributed by atoms with E-state index in [9.17, 15) is 9.59 Å². The number of aryl methyl sites for hydroxylation is 1. The lowest BCUT2D eigenvalue weighted by molar-refractivity contribution is -0.153. The van der Waals surface area contributed by atoms with Gasteiger partial charge in [0.25, 0.3) is 5.91 Å². The van der Waals surface area contributed by atoms with Crippen LogP contribution in [0, 0.1) is 0 Å². The van der Waals surface area contributed by atoms with E-state index in [1.165, 1.54) is 6.92 Å². The van der Waals surface area contributed by atoms with Crippen LogP contribution in [-0.4, -0.2) is 23.0 Å². The Morgan fingerprint density at radius 2 is 2.14 bits per heavy atom. The van der Waals surface area contributed by atoms with Gasteiger partial charge in [-0.25, -0.2) is 4.98 Å². The van der Waals surface area contributed by atoms with Crippen molar-refractivity contribution in [3.8, 4) is 11.3 Å². The number of aromatic nitrogens is 1. The first-order valence-corrected chi connectivity index (χ1v) is 7.03. The Balaban J connectivity index is 1.94. The van der Waals surface area contributed by atoms with Gasteiger partial charge in [-0.1, -0.05) is 23.7 Å². The van der Waals surface area contributed by atoms with E-state index < -0.39 is 18.0 Å². The second kappa shape index (κ2) is 7.09. The first-order valence-electron chi connectivity index (χ1n) is 6.65. The van der Waals surface area contributed by atoms with Gasteiger partial charge >= 0.3 is 5.97 Å². The highest BCUT2D eigenvalue weighted by Crippen LogP contribution is 2.28. The normalized spacial score (nSPS) is 11.9. The number of hydrogen-bond acceptors (Lipinski definition) is 5. The third-order valence-electron chi connectivity index (χ3n) is 2.94. The molecule has 0 aliphatic carbocycles. The molecule has 2 aromatic rings. The standard InChI is InChI=1S/C15H15ClN2O4/c1-9(15(17)20)21-14(19)7-6-13-18-8-12(22-13)10-4-2-3-5-11(10)16/h2-5,8-9H,6-7H2,1H3,(H2,17,20)/t9-/m1/s1. The summed E-state index contributed by atoms with van der Waals surface area (Å²) in [6.45, 7) is 1.42. The van der Waals surface area contributed by atoms with Crippen LogP contribution >= 0.6 is 11.6 Å². The summed E-state index contributed by atoms with van der Waals surface area (Å²) in [5, 5.41) is 0.555. The van der Waals surface area contributed by atoms with Crippen LogP contribution in [0.15, 0.2) is 34.9 Å². The molecule has 116 valence electrons. The fraction of sp³-hybridized carbons (Fsp3) is 0.267. The van der Waals surface area contributed by atoms with E-state index in [-0.39, 0.29) is 12.8 Å². The highest BCUT2D eigenvalue weighted by molar-refractivity contribution is 6.33. The van der Waals surface area contributed by atoms with Crippen molar-refractivity contribution in [3.05, 3.63) is 41.4 Å². The molecule has 0 spiro atoms. The molecule has 0 saturated carbocycles. The highest BCUT2D eigenvalue weighted by atomic mass is 35.5. The molecule has 0 radical (unpaired) electrons. The summed E-state index contributed by atoms with van der Waals surface area (Å²) < 4.78 is 10.4. The fourth-order valence-electron chi connectivity index (χ4n) is 1.73. The molecule has 7 heteroatoms. The molecule has 1 heterocycles. The Kier molecular flexibility index (Phi) is 5.16. The Morgan fingerprint density at radius 1 is 1.41 bits per heavy atom. The summed E-state index contributed by atoms with van der Waals surface area (Å²) >= 11 is 6.08. The van der Waals surface area contributed by atoms with E-state index in [0.717, 1.165) is 5.56 Å². The summed E-state index contributed by atoms with van der Waals surface area (Å²) in [5.41, 5.74) is 5.74. The monoisotopic (exact) mass is 322 g/mol. The summed E-state index contributed by atoms with van der Waals surface area (Å²) in [6.07, 6.45) is 0.902. The van der Waals surface area contributed by atoms with Crippen LogP contribution in [0.3, 0.4) is 0 Å². The summed E-state index contributed by atoms with van der Waals surface area (Å²) in [7, 11) is 0. The number of nitrogens with zero attached hydrogens (tertiary/aromatic N) is 1. The average Bonchev–Trinajstić information content (AvgIpc) is 2.94. The van der Waals surface area contributed by atoms with Crippen molar-refractivity contribution in [2.45, 2.75) is 25.9 Å². The molecule has 0 saturated heterocycles. The molecular formula is C15H15ClN2O4. The van der Waals surface area contributed by atoms with E-state index in [1.807, 2.05) is 18.2 Å². The highest BCUT2D eigenvalue weighted by Gasteiger charge is 2.16. The van der Waals surface area contributed by atoms with Gasteiger partial charge in [0, 0.05) is 12.0 Å². The minimum absolute atomic E-state index is 0.0418. The molecule has 1 aromatic heterocycles. The smallest absolute Gasteiger partial charge is 0.307 e. The number of primary amides is 1. The van der Waals surface area contributed by atoms with Crippen molar-refractivity contribution in [3.63, 3.8) is 0 Å². The molecule has 2 rings (SSSR count). The number of carbonyl (C=O) groups is 2. The van der Waals surface area contributed by atoms with E-state index >= 15 is 0 Å². The molecule has 0 aliphatic rings. The molecular weight excluding hydrogens is 308 g/mol. The predicted molar refractivity (Wildman–Crippen MR) is 80.0 cm³/mol. The zero-order chi connectivity index (χ0) is 16.1. The van der Waals surface area contributed by atoms with Crippen molar-refractivity contribution in [1.29, 1.82) is 0 Å². The lowest BCUT2D eigenvalue weighted by atomic mass is 10.2. The maximum atomic E-state index is 11.5. The first kappa shape index (κ1) is 16.0. The summed E-state index contributed by atoms with van der Waals surface area (Å²) in [5.74, 6) is -0.313. The van der Waals surface area contributed by atoms with Gasteiger partial charge in [0.15, 0.2) is 17.8 Å². The van der Waals surface area contributed by atoms with Gasteiger partial charge < -0.3 is 14.9 Å². The van der Waals surface area contributed by atoms with Crippen LogP contribution in [0.1, 0.15) is 19.2 Å². The second-order valence-corrected chi connectivity index (χ2v) is 5.04. The molecule has 0 unspecified atom stereocenters. The third-order valence-corrected chi connectivity index (χ3v) is 3.27. The van der Waals surface area contributed by atoms with E-state index in [4.69, 9.17) is 26.5 Å². The van der Waals surface area contributed by atoms with E-state index in [2.05, 4.69) is 4.98 Å². The zero-order valence-electron chi connectivity index (χ0n) is 11.9. The van der Waals surface area contributed by atoms with Crippen molar-refractivity contribution >= 4 is 23.5 Å². The number of amides is 1. The number of carbonyl (C=O) groups excluding carboxylic acids is 2. The third kappa shape index (κ3) is 4.08. The molecule has 6 nitrogen and oxygen atoms in total. The summed E-state index contributed by atoms with van der Waals surface area (Å²) in [4.78, 5) is 26.4. The molecule has 2 N–H and O–H groups in total. The van der Waals surface area contributed by atoms with Gasteiger partial charge in [-0.3, -0.25) is 9.59 Å². The number of hydrogen-bond donors (Lipinski definition) is 1. The maximum absolute atomic E-state index is 11.5. The minimum atomic E-state index is -0.948. The molecule has 0 aliphatic heterocycles. The van der Waals surface area contributed by atoms with Crippen LogP contribution in [0.2, 0.25) is 5.02 Å². The lowest BCUT2D eigenvalue weighted by Gasteiger charge is -2.08. The Bertz CT molecular complexity index is 684. The predicted octanol–water partition coefficient (Wildman–Crippen LogP) is 2.34. The number of rotatable bonds is 6. The molecule has 22 heavy (non-hydrogen) atoms. The van der Waals surface area contributed by atoms with Crippen molar-refractivity contribution < 1.29 is 18.7 Å². The van der Waals surface area contributed by atoms with Gasteiger partial charge in [0.05, 0.1) is 17.6 Å². The lowest BCUT2D eigenvalue weighted by Crippen LogP contribution is -2.30. The maximum Gasteiger partial charge on any atom is 0.307 e. The Hall–Kier alpha value is -2.34. The fourth-order valence-corrected chi connectivity index (χ4v) is 1.96. The van der Waals surface area contributed by atoms with Crippen molar-refractivity contribution in [1.82, 2.24) is 4.98 Å². The molecule has 0 fully saturated rings. The summed E-state index contributed by atoms with van der Waals surface area (Å²) in [6, 6.07) is 7.22. The van der Waals surface area contributed by atoms with Crippen LogP contribution in [0.25, 0.3) is 11.3 Å². The van der Waals surface area contributed by atoms with Gasteiger partial charge in [0.2, 0.25) is 0 Å². The van der Waals surface area contributed by atoms with Gasteiger partial charge in [-0.05, 0) is 19.1 Å². The molecule has 1 aromatic carbocycles. The van der Waals surface area contributed by atoms with Crippen molar-refractivity contribution in [2.24, 2.45) is 5.73 Å². The van der Waals surface area contributed by atoms with Gasteiger partial charge in [-0.15, -0.1) is 0 Å². The largest absolute Gasteiger partial charge is 0.453 e. The van der Waals surface area contributed by atoms with Crippen molar-refractivity contribution in [2.75, 3.05) is 0 Å². The topological polar surface area (TPSA) is 95.4 Å². The number of oxazole rings is 1. The second-order valence-electron chi connectivity index (χ2n) is 4.63. The molecule has 1 amide bonds. The average molecular weight is 323 g/mol. The zero-order valence-corrected chi connectivity index (χ0v) is 12.7. The van der Waals surface area contributed by atoms with E-state index in [1.54, 1.807) is 12.3 Å². The Morgan fingerprint density at radius 3 is 2.82 bits per heavy atom. The molecule has 1 atom stereocenters.